The van der Waals surface area contributed by atoms with Crippen LogP contribution in [-0.4, -0.2) is 22.0 Å². The van der Waals surface area contributed by atoms with E-state index >= 15 is 9.59 Å². The van der Waals surface area contributed by atoms with Crippen LogP contribution >= 0.6 is 0 Å². The summed E-state index contributed by atoms with van der Waals surface area (Å²) in [6.07, 6.45) is 0.263. The first-order chi connectivity index (χ1) is 31.3. The molecule has 0 spiro atoms. The van der Waals surface area contributed by atoms with Crippen LogP contribution in [0.25, 0.3) is 21.5 Å². The average molecular weight is 859 g/mol. The van der Waals surface area contributed by atoms with Crippen molar-refractivity contribution in [2.45, 2.75) is 77.7 Å². The zero-order valence-corrected chi connectivity index (χ0v) is 38.1. The molecule has 2 amide bonds. The van der Waals surface area contributed by atoms with Crippen molar-refractivity contribution < 1.29 is 19.8 Å². The van der Waals surface area contributed by atoms with Crippen LogP contribution in [0.2, 0.25) is 0 Å². The average Bonchev–Trinajstić information content (AvgIpc) is 3.32. The molecular weight excluding hydrogens is 801 g/mol. The molecule has 4 N–H and O–H groups in total. The van der Waals surface area contributed by atoms with Gasteiger partial charge in [-0.2, -0.15) is 0 Å². The molecule has 65 heavy (non-hydrogen) atoms. The monoisotopic (exact) mass is 858 g/mol. The van der Waals surface area contributed by atoms with Gasteiger partial charge in [0.15, 0.2) is 0 Å². The number of rotatable bonds is 14. The van der Waals surface area contributed by atoms with Gasteiger partial charge in [0, 0.05) is 0 Å². The fraction of sp³-hybridized carbons (Fsp3) is 0.220. The Balaban J connectivity index is 1.32. The number of hydrogen-bond donors (Lipinski definition) is 4. The van der Waals surface area contributed by atoms with Crippen molar-refractivity contribution in [1.29, 1.82) is 0 Å². The Hall–Kier alpha value is -6.86. The number of fused-ring (bicyclic) bond motifs is 2. The Bertz CT molecular complexity index is 2720. The number of nitrogens with one attached hydrogen (secondary N) is 2. The number of carbonyl (C=O) groups is 2. The van der Waals surface area contributed by atoms with Gasteiger partial charge in [0.25, 0.3) is 0 Å². The quantitative estimate of drug-likeness (QED) is 0.0819. The summed E-state index contributed by atoms with van der Waals surface area (Å²) in [5, 5.41) is 37.8. The summed E-state index contributed by atoms with van der Waals surface area (Å²) in [6, 6.07) is 56.6. The number of aryl methyl sites for hydroxylation is 4. The van der Waals surface area contributed by atoms with Crippen molar-refractivity contribution in [3.8, 4) is 0 Å². The van der Waals surface area contributed by atoms with Gasteiger partial charge in [-0.25, -0.2) is 0 Å². The molecule has 8 aromatic carbocycles. The first-order valence-corrected chi connectivity index (χ1v) is 22.6. The highest BCUT2D eigenvalue weighted by Gasteiger charge is 2.51. The molecule has 2 atom stereocenters. The molecule has 0 aromatic heterocycles. The summed E-state index contributed by atoms with van der Waals surface area (Å²) in [7, 11) is 0. The highest BCUT2D eigenvalue weighted by molar-refractivity contribution is 6.06. The van der Waals surface area contributed by atoms with E-state index in [-0.39, 0.29) is 12.8 Å². The zero-order chi connectivity index (χ0) is 45.9. The summed E-state index contributed by atoms with van der Waals surface area (Å²) in [6.45, 7) is 11.6. The van der Waals surface area contributed by atoms with Gasteiger partial charge in [-0.1, -0.05) is 218 Å². The van der Waals surface area contributed by atoms with Crippen LogP contribution < -0.4 is 10.6 Å². The molecule has 0 aliphatic rings. The molecule has 0 aliphatic heterocycles. The molecule has 6 heteroatoms. The van der Waals surface area contributed by atoms with Crippen LogP contribution in [0.1, 0.15) is 94.4 Å². The van der Waals surface area contributed by atoms with Crippen molar-refractivity contribution in [1.82, 2.24) is 10.6 Å². The van der Waals surface area contributed by atoms with E-state index in [2.05, 4.69) is 10.6 Å². The molecule has 0 radical (unpaired) electrons. The van der Waals surface area contributed by atoms with Gasteiger partial charge < -0.3 is 20.8 Å². The third kappa shape index (κ3) is 8.25. The lowest BCUT2D eigenvalue weighted by atomic mass is 9.73. The Kier molecular flexibility index (Phi) is 12.6. The third-order valence-corrected chi connectivity index (χ3v) is 13.6. The van der Waals surface area contributed by atoms with Crippen molar-refractivity contribution in [3.05, 3.63) is 238 Å². The lowest BCUT2D eigenvalue weighted by Gasteiger charge is -2.42. The fourth-order valence-electron chi connectivity index (χ4n) is 9.88. The van der Waals surface area contributed by atoms with E-state index in [1.807, 2.05) is 224 Å². The first-order valence-electron chi connectivity index (χ1n) is 22.6. The fourth-order valence-corrected chi connectivity index (χ4v) is 9.88. The minimum absolute atomic E-state index is 0.131. The maximum absolute atomic E-state index is 15.8. The van der Waals surface area contributed by atoms with Gasteiger partial charge in [-0.15, -0.1) is 0 Å². The summed E-state index contributed by atoms with van der Waals surface area (Å²) in [5.74, 6) is -1.08. The number of benzene rings is 8. The van der Waals surface area contributed by atoms with E-state index < -0.39 is 40.5 Å². The van der Waals surface area contributed by atoms with Crippen LogP contribution in [-0.2, 0) is 20.8 Å². The van der Waals surface area contributed by atoms with Crippen LogP contribution in [0.15, 0.2) is 182 Å². The molecule has 8 aromatic rings. The third-order valence-electron chi connectivity index (χ3n) is 13.6. The number of hydrogen-bond acceptors (Lipinski definition) is 4. The summed E-state index contributed by atoms with van der Waals surface area (Å²) >= 11 is 0. The Morgan fingerprint density at radius 3 is 1.03 bits per heavy atom. The predicted molar refractivity (Wildman–Crippen MR) is 263 cm³/mol. The van der Waals surface area contributed by atoms with Gasteiger partial charge in [0.2, 0.25) is 11.8 Å². The second kappa shape index (κ2) is 18.3. The second-order valence-corrected chi connectivity index (χ2v) is 17.7. The van der Waals surface area contributed by atoms with Crippen molar-refractivity contribution in [2.75, 3.05) is 0 Å². The van der Waals surface area contributed by atoms with Crippen LogP contribution in [0.5, 0.6) is 0 Å². The van der Waals surface area contributed by atoms with Crippen molar-refractivity contribution in [2.24, 2.45) is 5.41 Å². The number of amides is 2. The molecule has 0 heterocycles. The lowest BCUT2D eigenvalue weighted by molar-refractivity contribution is -0.147. The second-order valence-electron chi connectivity index (χ2n) is 17.7. The minimum atomic E-state index is -1.80. The molecular formula is C59H58N2O4. The van der Waals surface area contributed by atoms with E-state index in [0.717, 1.165) is 43.8 Å². The SMILES string of the molecule is CCC(CC)(C(=O)N[C@@H](c1cccc2ccccc12)C(O)(c1cccc(C)c1)c1cccc(C)c1)C(=O)N[C@@H](c1cccc2ccccc12)C(O)(c1cccc(C)c1)c1cccc(C)c1. The van der Waals surface area contributed by atoms with Gasteiger partial charge in [-0.05, 0) is 95.5 Å². The number of carbonyl (C=O) groups excluding carboxylic acids is 2. The van der Waals surface area contributed by atoms with Gasteiger partial charge >= 0.3 is 0 Å². The summed E-state index contributed by atoms with van der Waals surface area (Å²) in [4.78, 5) is 31.6. The van der Waals surface area contributed by atoms with E-state index in [4.69, 9.17) is 0 Å². The Morgan fingerprint density at radius 1 is 0.431 bits per heavy atom. The highest BCUT2D eigenvalue weighted by atomic mass is 16.3. The van der Waals surface area contributed by atoms with Gasteiger partial charge in [0.1, 0.15) is 16.6 Å². The molecule has 0 aliphatic carbocycles. The molecule has 0 saturated heterocycles. The van der Waals surface area contributed by atoms with E-state index in [1.165, 1.54) is 0 Å². The molecule has 0 bridgehead atoms. The number of aliphatic hydroxyl groups is 2. The molecule has 328 valence electrons. The Morgan fingerprint density at radius 2 is 0.723 bits per heavy atom. The first kappa shape index (κ1) is 44.7. The van der Waals surface area contributed by atoms with E-state index in [9.17, 15) is 10.2 Å². The molecule has 8 rings (SSSR count). The van der Waals surface area contributed by atoms with Crippen molar-refractivity contribution in [3.63, 3.8) is 0 Å². The predicted octanol–water partition coefficient (Wildman–Crippen LogP) is 11.9. The molecule has 0 unspecified atom stereocenters. The molecule has 6 nitrogen and oxygen atoms in total. The summed E-state index contributed by atoms with van der Waals surface area (Å²) in [5.41, 5.74) is 2.31. The topological polar surface area (TPSA) is 98.7 Å². The molecule has 0 fully saturated rings. The minimum Gasteiger partial charge on any atom is -0.378 e. The smallest absolute Gasteiger partial charge is 0.236 e. The molecule has 0 saturated carbocycles. The van der Waals surface area contributed by atoms with Gasteiger partial charge in [0.05, 0.1) is 12.1 Å². The van der Waals surface area contributed by atoms with Crippen molar-refractivity contribution >= 4 is 33.4 Å². The van der Waals surface area contributed by atoms with Gasteiger partial charge in [-0.3, -0.25) is 9.59 Å². The largest absolute Gasteiger partial charge is 0.378 e. The lowest BCUT2D eigenvalue weighted by Crippen LogP contribution is -2.57. The van der Waals surface area contributed by atoms with Crippen LogP contribution in [0, 0.1) is 33.1 Å². The maximum Gasteiger partial charge on any atom is 0.236 e. The van der Waals surface area contributed by atoms with Crippen LogP contribution in [0.4, 0.5) is 0 Å². The summed E-state index contributed by atoms with van der Waals surface area (Å²) < 4.78 is 0. The Labute approximate surface area is 383 Å². The highest BCUT2D eigenvalue weighted by Crippen LogP contribution is 2.47. The normalized spacial score (nSPS) is 13.0. The zero-order valence-electron chi connectivity index (χ0n) is 38.1. The van der Waals surface area contributed by atoms with Crippen LogP contribution in [0.3, 0.4) is 0 Å². The van der Waals surface area contributed by atoms with E-state index in [0.29, 0.717) is 33.4 Å². The maximum atomic E-state index is 15.8. The van der Waals surface area contributed by atoms with E-state index in [1.54, 1.807) is 0 Å². The standard InChI is InChI=1S/C59H58N2O4/c1-7-57(8-2,55(62)60-53(51-33-17-25-43-23-9-11-31-49(43)51)58(64,45-27-13-19-39(3)35-45)46-28-14-20-40(4)36-46)56(63)61-54(52-34-18-26-44-24-10-12-32-50(44)52)59(65,47-29-15-21-41(5)37-47)48-30-16-22-42(6)38-48/h9-38,53-54,64-65H,7-8H2,1-6H3,(H,60,62)(H,61,63)/t53-,54-/m0/s1.